The smallest absolute Gasteiger partial charge is 0.161 e. The van der Waals surface area contributed by atoms with Crippen LogP contribution in [0.2, 0.25) is 0 Å². The molecule has 0 unspecified atom stereocenters. The lowest BCUT2D eigenvalue weighted by molar-refractivity contribution is -0.0781. The Balaban J connectivity index is 1.66. The molecule has 1 aliphatic rings. The van der Waals surface area contributed by atoms with Crippen LogP contribution >= 0.6 is 0 Å². The first-order valence-corrected chi connectivity index (χ1v) is 10.2. The van der Waals surface area contributed by atoms with Crippen LogP contribution < -0.4 is 5.32 Å². The van der Waals surface area contributed by atoms with Crippen molar-refractivity contribution in [3.05, 3.63) is 65.1 Å². The number of aromatic nitrogens is 2. The van der Waals surface area contributed by atoms with E-state index in [-0.39, 0.29) is 18.8 Å². The molecule has 3 atom stereocenters. The summed E-state index contributed by atoms with van der Waals surface area (Å²) in [6, 6.07) is 11.8. The molecule has 0 amide bonds. The Morgan fingerprint density at radius 3 is 2.67 bits per heavy atom. The second-order valence-corrected chi connectivity index (χ2v) is 7.64. The van der Waals surface area contributed by atoms with Crippen molar-refractivity contribution in [1.29, 1.82) is 0 Å². The minimum absolute atomic E-state index is 0.162. The first-order valence-electron chi connectivity index (χ1n) is 10.2. The van der Waals surface area contributed by atoms with Crippen LogP contribution in [0.4, 0.5) is 5.69 Å². The second-order valence-electron chi connectivity index (χ2n) is 7.64. The van der Waals surface area contributed by atoms with Gasteiger partial charge in [0.2, 0.25) is 0 Å². The average molecular weight is 412 g/mol. The Morgan fingerprint density at radius 2 is 1.90 bits per heavy atom. The summed E-state index contributed by atoms with van der Waals surface area (Å²) in [5, 5.41) is 14.8. The van der Waals surface area contributed by atoms with Crippen molar-refractivity contribution in [2.45, 2.75) is 31.9 Å². The monoisotopic (exact) mass is 411 g/mol. The Hall–Kier alpha value is -2.45. The molecule has 1 aromatic carbocycles. The average Bonchev–Trinajstić information content (AvgIpc) is 3.06. The number of ether oxygens (including phenoxy) is 3. The van der Waals surface area contributed by atoms with E-state index in [0.717, 1.165) is 33.8 Å². The highest BCUT2D eigenvalue weighted by atomic mass is 16.7. The topological polar surface area (TPSA) is 77.2 Å². The zero-order chi connectivity index (χ0) is 21.1. The van der Waals surface area contributed by atoms with Crippen molar-refractivity contribution in [3.8, 4) is 0 Å². The number of aliphatic hydroxyl groups excluding tert-OH is 1. The van der Waals surface area contributed by atoms with E-state index in [1.165, 1.54) is 0 Å². The molecule has 0 fully saturated rings. The number of aliphatic hydroxyl groups is 1. The number of imidazole rings is 1. The van der Waals surface area contributed by atoms with Gasteiger partial charge in [-0.3, -0.25) is 0 Å². The highest BCUT2D eigenvalue weighted by Crippen LogP contribution is 2.42. The van der Waals surface area contributed by atoms with Crippen LogP contribution in [-0.2, 0) is 14.2 Å². The van der Waals surface area contributed by atoms with Crippen molar-refractivity contribution in [3.63, 3.8) is 0 Å². The summed E-state index contributed by atoms with van der Waals surface area (Å²) in [5.41, 5.74) is 5.95. The van der Waals surface area contributed by atoms with Crippen LogP contribution in [0, 0.1) is 13.8 Å². The number of hydrogen-bond acceptors (Lipinski definition) is 6. The standard InChI is InChI=1S/C23H29N3O4/c1-15-16(2)26-10-9-18-19(13-30-14-29-12-11-28-3)22(27)20(17-7-5-4-6-8-17)25-21(18)23(26)24-15/h4-10,19-20,22,25,27H,11-14H2,1-3H3/t19-,20-,22-/m1/s1. The number of nitrogens with one attached hydrogen (secondary N) is 1. The SMILES string of the molecule is COCCOCOC[C@@H]1c2ccn3c(C)c(C)nc3c2N[C@H](c2ccccc2)[C@@H]1O. The third-order valence-corrected chi connectivity index (χ3v) is 5.81. The first-order chi connectivity index (χ1) is 14.6. The van der Waals surface area contributed by atoms with Crippen molar-refractivity contribution in [2.24, 2.45) is 0 Å². The van der Waals surface area contributed by atoms with E-state index >= 15 is 0 Å². The summed E-state index contributed by atoms with van der Waals surface area (Å²) in [7, 11) is 1.63. The van der Waals surface area contributed by atoms with Gasteiger partial charge in [0.25, 0.3) is 0 Å². The van der Waals surface area contributed by atoms with Gasteiger partial charge in [0.15, 0.2) is 5.65 Å². The van der Waals surface area contributed by atoms with Gasteiger partial charge in [-0.25, -0.2) is 4.98 Å². The van der Waals surface area contributed by atoms with Crippen LogP contribution in [-0.4, -0.2) is 54.3 Å². The van der Waals surface area contributed by atoms with Crippen LogP contribution in [0.5, 0.6) is 0 Å². The number of hydrogen-bond donors (Lipinski definition) is 2. The summed E-state index contributed by atoms with van der Waals surface area (Å²) in [6.07, 6.45) is 1.36. The van der Waals surface area contributed by atoms with Gasteiger partial charge in [-0.2, -0.15) is 0 Å². The number of anilines is 1. The maximum Gasteiger partial charge on any atom is 0.161 e. The molecule has 1 aliphatic heterocycles. The maximum absolute atomic E-state index is 11.3. The van der Waals surface area contributed by atoms with Gasteiger partial charge in [0, 0.05) is 24.9 Å². The summed E-state index contributed by atoms with van der Waals surface area (Å²) in [4.78, 5) is 4.78. The number of fused-ring (bicyclic) bond motifs is 3. The Kier molecular flexibility index (Phi) is 6.34. The van der Waals surface area contributed by atoms with Gasteiger partial charge in [-0.15, -0.1) is 0 Å². The fourth-order valence-corrected chi connectivity index (χ4v) is 4.03. The third-order valence-electron chi connectivity index (χ3n) is 5.81. The molecule has 0 saturated carbocycles. The largest absolute Gasteiger partial charge is 0.390 e. The molecule has 160 valence electrons. The van der Waals surface area contributed by atoms with Gasteiger partial charge in [0.05, 0.1) is 43.3 Å². The lowest BCUT2D eigenvalue weighted by Crippen LogP contribution is -2.38. The van der Waals surface area contributed by atoms with Crippen molar-refractivity contribution >= 4 is 11.3 Å². The van der Waals surface area contributed by atoms with E-state index in [2.05, 4.69) is 16.6 Å². The van der Waals surface area contributed by atoms with Crippen LogP contribution in [0.25, 0.3) is 5.65 Å². The molecule has 2 N–H and O–H groups in total. The van der Waals surface area contributed by atoms with Gasteiger partial charge in [-0.1, -0.05) is 30.3 Å². The molecule has 0 aliphatic carbocycles. The van der Waals surface area contributed by atoms with Crippen LogP contribution in [0.3, 0.4) is 0 Å². The van der Waals surface area contributed by atoms with Crippen molar-refractivity contribution < 1.29 is 19.3 Å². The molecular formula is C23H29N3O4. The number of rotatable bonds is 8. The van der Waals surface area contributed by atoms with E-state index in [0.29, 0.717) is 19.8 Å². The number of methoxy groups -OCH3 is 1. The maximum atomic E-state index is 11.3. The number of aryl methyl sites for hydroxylation is 2. The molecule has 3 heterocycles. The molecule has 4 rings (SSSR count). The quantitative estimate of drug-likeness (QED) is 0.438. The van der Waals surface area contributed by atoms with Crippen molar-refractivity contribution in [1.82, 2.24) is 9.38 Å². The van der Waals surface area contributed by atoms with E-state index < -0.39 is 6.10 Å². The lowest BCUT2D eigenvalue weighted by atomic mass is 9.82. The zero-order valence-corrected chi connectivity index (χ0v) is 17.7. The molecule has 0 bridgehead atoms. The fourth-order valence-electron chi connectivity index (χ4n) is 4.03. The molecule has 30 heavy (non-hydrogen) atoms. The van der Waals surface area contributed by atoms with Gasteiger partial charge in [0.1, 0.15) is 6.79 Å². The predicted octanol–water partition coefficient (Wildman–Crippen LogP) is 3.20. The van der Waals surface area contributed by atoms with Crippen LogP contribution in [0.15, 0.2) is 42.6 Å². The van der Waals surface area contributed by atoms with Crippen molar-refractivity contribution in [2.75, 3.05) is 39.0 Å². The molecule has 3 aromatic rings. The lowest BCUT2D eigenvalue weighted by Gasteiger charge is -2.38. The molecule has 2 aromatic heterocycles. The first kappa shape index (κ1) is 20.8. The Bertz CT molecular complexity index is 989. The molecule has 0 radical (unpaired) electrons. The predicted molar refractivity (Wildman–Crippen MR) is 115 cm³/mol. The molecule has 0 spiro atoms. The highest BCUT2D eigenvalue weighted by molar-refractivity contribution is 5.75. The van der Waals surface area contributed by atoms with E-state index in [1.54, 1.807) is 7.11 Å². The summed E-state index contributed by atoms with van der Waals surface area (Å²) < 4.78 is 18.3. The molecule has 7 heteroatoms. The molecule has 0 saturated heterocycles. The van der Waals surface area contributed by atoms with E-state index in [1.807, 2.05) is 49.5 Å². The van der Waals surface area contributed by atoms with E-state index in [4.69, 9.17) is 19.2 Å². The summed E-state index contributed by atoms with van der Waals surface area (Å²) in [5.74, 6) is -0.209. The summed E-state index contributed by atoms with van der Waals surface area (Å²) >= 11 is 0. The molecular weight excluding hydrogens is 382 g/mol. The van der Waals surface area contributed by atoms with Gasteiger partial charge >= 0.3 is 0 Å². The number of nitrogens with zero attached hydrogens (tertiary/aromatic N) is 2. The normalized spacial score (nSPS) is 20.9. The second kappa shape index (κ2) is 9.14. The summed E-state index contributed by atoms with van der Waals surface area (Å²) in [6.45, 7) is 5.58. The Morgan fingerprint density at radius 1 is 1.10 bits per heavy atom. The third kappa shape index (κ3) is 3.94. The molecule has 7 nitrogen and oxygen atoms in total. The van der Waals surface area contributed by atoms with E-state index in [9.17, 15) is 5.11 Å². The van der Waals surface area contributed by atoms with Gasteiger partial charge < -0.3 is 29.0 Å². The number of pyridine rings is 1. The zero-order valence-electron chi connectivity index (χ0n) is 17.7. The highest BCUT2D eigenvalue weighted by Gasteiger charge is 2.38. The minimum atomic E-state index is -0.654. The Labute approximate surface area is 176 Å². The minimum Gasteiger partial charge on any atom is -0.390 e. The van der Waals surface area contributed by atoms with Crippen LogP contribution in [0.1, 0.15) is 34.5 Å². The fraction of sp³-hybridized carbons (Fsp3) is 0.435. The number of benzene rings is 1. The van der Waals surface area contributed by atoms with Gasteiger partial charge in [-0.05, 0) is 31.0 Å².